The van der Waals surface area contributed by atoms with E-state index in [1.807, 2.05) is 48.9 Å². The molecule has 1 fully saturated rings. The number of ether oxygens (including phenoxy) is 1. The molecule has 174 valence electrons. The Kier molecular flexibility index (Phi) is 6.10. The SMILES string of the molecule is CCc1ccccc1OCC(=O)NNC(=O)c1cc(C2CC2)nc2c1c(C)nn2C(C)(C)C. The van der Waals surface area contributed by atoms with E-state index >= 15 is 0 Å². The monoisotopic (exact) mass is 449 g/mol. The Balaban J connectivity index is 1.52. The van der Waals surface area contributed by atoms with Crippen LogP contribution in [-0.2, 0) is 16.8 Å². The third-order valence-electron chi connectivity index (χ3n) is 5.74. The number of para-hydroxylation sites is 1. The molecule has 0 saturated heterocycles. The molecule has 8 heteroatoms. The average molecular weight is 450 g/mol. The van der Waals surface area contributed by atoms with Crippen LogP contribution in [0.25, 0.3) is 11.0 Å². The Hall–Kier alpha value is -3.42. The summed E-state index contributed by atoms with van der Waals surface area (Å²) in [6.45, 7) is 9.87. The number of amides is 2. The molecule has 0 unspecified atom stereocenters. The summed E-state index contributed by atoms with van der Waals surface area (Å²) in [5.41, 5.74) is 8.52. The summed E-state index contributed by atoms with van der Waals surface area (Å²) < 4.78 is 7.50. The number of aromatic nitrogens is 3. The van der Waals surface area contributed by atoms with Crippen molar-refractivity contribution in [2.75, 3.05) is 6.61 Å². The molecule has 1 saturated carbocycles. The fourth-order valence-corrected chi connectivity index (χ4v) is 3.85. The van der Waals surface area contributed by atoms with E-state index in [1.54, 1.807) is 0 Å². The van der Waals surface area contributed by atoms with E-state index in [2.05, 4.69) is 36.7 Å². The highest BCUT2D eigenvalue weighted by atomic mass is 16.5. The van der Waals surface area contributed by atoms with Crippen LogP contribution in [0.2, 0.25) is 0 Å². The first-order valence-electron chi connectivity index (χ1n) is 11.4. The number of fused-ring (bicyclic) bond motifs is 1. The molecule has 4 rings (SSSR count). The highest BCUT2D eigenvalue weighted by molar-refractivity contribution is 6.07. The lowest BCUT2D eigenvalue weighted by Gasteiger charge is -2.20. The number of hydrogen-bond acceptors (Lipinski definition) is 5. The Labute approximate surface area is 193 Å². The van der Waals surface area contributed by atoms with E-state index in [9.17, 15) is 9.59 Å². The smallest absolute Gasteiger partial charge is 0.276 e. The summed E-state index contributed by atoms with van der Waals surface area (Å²) in [5, 5.41) is 5.37. The molecule has 0 bridgehead atoms. The first kappa shape index (κ1) is 22.8. The number of aryl methyl sites for hydroxylation is 2. The Morgan fingerprint density at radius 2 is 1.91 bits per heavy atom. The summed E-state index contributed by atoms with van der Waals surface area (Å²) in [7, 11) is 0. The largest absolute Gasteiger partial charge is 0.483 e. The topological polar surface area (TPSA) is 98.1 Å². The van der Waals surface area contributed by atoms with Gasteiger partial charge in [-0.15, -0.1) is 0 Å². The van der Waals surface area contributed by atoms with Gasteiger partial charge in [0.05, 0.1) is 22.2 Å². The zero-order valence-electron chi connectivity index (χ0n) is 19.9. The van der Waals surface area contributed by atoms with Crippen LogP contribution in [0.5, 0.6) is 5.75 Å². The average Bonchev–Trinajstić information content (AvgIpc) is 3.58. The minimum absolute atomic E-state index is 0.197. The van der Waals surface area contributed by atoms with Crippen molar-refractivity contribution in [1.29, 1.82) is 0 Å². The number of nitrogens with zero attached hydrogens (tertiary/aromatic N) is 3. The molecule has 2 heterocycles. The summed E-state index contributed by atoms with van der Waals surface area (Å²) >= 11 is 0. The summed E-state index contributed by atoms with van der Waals surface area (Å²) in [5.74, 6) is 0.190. The van der Waals surface area contributed by atoms with Gasteiger partial charge in [-0.05, 0) is 64.7 Å². The molecule has 2 N–H and O–H groups in total. The van der Waals surface area contributed by atoms with Crippen molar-refractivity contribution in [3.05, 3.63) is 52.8 Å². The van der Waals surface area contributed by atoms with Crippen LogP contribution in [0.3, 0.4) is 0 Å². The molecule has 0 spiro atoms. The normalized spacial score (nSPS) is 13.7. The summed E-state index contributed by atoms with van der Waals surface area (Å²) in [4.78, 5) is 30.3. The number of hydrogen-bond donors (Lipinski definition) is 2. The van der Waals surface area contributed by atoms with Crippen LogP contribution in [0.15, 0.2) is 30.3 Å². The van der Waals surface area contributed by atoms with Gasteiger partial charge in [-0.1, -0.05) is 25.1 Å². The number of nitrogens with one attached hydrogen (secondary N) is 2. The number of rotatable bonds is 6. The van der Waals surface area contributed by atoms with Crippen LogP contribution < -0.4 is 15.6 Å². The lowest BCUT2D eigenvalue weighted by Crippen LogP contribution is -2.44. The molecule has 2 amide bonds. The van der Waals surface area contributed by atoms with Gasteiger partial charge < -0.3 is 4.74 Å². The maximum atomic E-state index is 13.1. The molecular formula is C25H31N5O3. The lowest BCUT2D eigenvalue weighted by atomic mass is 10.1. The van der Waals surface area contributed by atoms with E-state index in [0.29, 0.717) is 28.3 Å². The molecule has 1 aromatic carbocycles. The minimum atomic E-state index is -0.441. The predicted molar refractivity (Wildman–Crippen MR) is 126 cm³/mol. The van der Waals surface area contributed by atoms with Crippen molar-refractivity contribution in [3.8, 4) is 5.75 Å². The van der Waals surface area contributed by atoms with Gasteiger partial charge in [0.1, 0.15) is 5.75 Å². The van der Waals surface area contributed by atoms with Crippen molar-refractivity contribution in [2.24, 2.45) is 0 Å². The van der Waals surface area contributed by atoms with E-state index in [1.165, 1.54) is 0 Å². The van der Waals surface area contributed by atoms with Crippen molar-refractivity contribution in [3.63, 3.8) is 0 Å². The quantitative estimate of drug-likeness (QED) is 0.558. The first-order valence-corrected chi connectivity index (χ1v) is 11.4. The Morgan fingerprint density at radius 1 is 1.18 bits per heavy atom. The molecule has 0 radical (unpaired) electrons. The van der Waals surface area contributed by atoms with E-state index in [4.69, 9.17) is 9.72 Å². The third-order valence-corrected chi connectivity index (χ3v) is 5.74. The van der Waals surface area contributed by atoms with Gasteiger partial charge in [-0.25, -0.2) is 9.67 Å². The van der Waals surface area contributed by atoms with Crippen LogP contribution in [0.1, 0.15) is 73.8 Å². The second-order valence-corrected chi connectivity index (χ2v) is 9.49. The van der Waals surface area contributed by atoms with Gasteiger partial charge in [0.15, 0.2) is 12.3 Å². The van der Waals surface area contributed by atoms with Crippen LogP contribution in [-0.4, -0.2) is 33.2 Å². The summed E-state index contributed by atoms with van der Waals surface area (Å²) in [6, 6.07) is 9.41. The molecule has 1 aliphatic rings. The van der Waals surface area contributed by atoms with Crippen LogP contribution in [0.4, 0.5) is 0 Å². The van der Waals surface area contributed by atoms with Gasteiger partial charge in [0.25, 0.3) is 11.8 Å². The van der Waals surface area contributed by atoms with Gasteiger partial charge in [0, 0.05) is 11.6 Å². The highest BCUT2D eigenvalue weighted by Crippen LogP contribution is 2.41. The molecule has 0 atom stereocenters. The molecule has 2 aromatic heterocycles. The number of carbonyl (C=O) groups excluding carboxylic acids is 2. The van der Waals surface area contributed by atoms with Crippen LogP contribution >= 0.6 is 0 Å². The first-order chi connectivity index (χ1) is 15.7. The van der Waals surface area contributed by atoms with E-state index < -0.39 is 11.8 Å². The highest BCUT2D eigenvalue weighted by Gasteiger charge is 2.30. The Bertz CT molecular complexity index is 1200. The van der Waals surface area contributed by atoms with Crippen molar-refractivity contribution in [1.82, 2.24) is 25.6 Å². The second kappa shape index (κ2) is 8.84. The van der Waals surface area contributed by atoms with Gasteiger partial charge in [-0.3, -0.25) is 20.4 Å². The van der Waals surface area contributed by atoms with Crippen molar-refractivity contribution >= 4 is 22.8 Å². The number of pyridine rings is 1. The second-order valence-electron chi connectivity index (χ2n) is 9.49. The standard InChI is InChI=1S/C25H31N5O3/c1-6-16-9-7-8-10-20(16)33-14-21(31)27-28-24(32)18-13-19(17-11-12-17)26-23-22(18)15(2)29-30(23)25(3,4)5/h7-10,13,17H,6,11-12,14H2,1-5H3,(H,27,31)(H,28,32). The predicted octanol–water partition coefficient (Wildman–Crippen LogP) is 3.77. The van der Waals surface area contributed by atoms with E-state index in [-0.39, 0.29) is 12.1 Å². The fourth-order valence-electron chi connectivity index (χ4n) is 3.85. The molecule has 3 aromatic rings. The minimum Gasteiger partial charge on any atom is -0.483 e. The number of carbonyl (C=O) groups is 2. The molecular weight excluding hydrogens is 418 g/mol. The summed E-state index contributed by atoms with van der Waals surface area (Å²) in [6.07, 6.45) is 2.93. The number of hydrazine groups is 1. The molecule has 33 heavy (non-hydrogen) atoms. The molecule has 1 aliphatic carbocycles. The molecule has 0 aliphatic heterocycles. The molecule has 8 nitrogen and oxygen atoms in total. The fraction of sp³-hybridized carbons (Fsp3) is 0.440. The zero-order valence-corrected chi connectivity index (χ0v) is 19.9. The maximum absolute atomic E-state index is 13.1. The Morgan fingerprint density at radius 3 is 2.58 bits per heavy atom. The van der Waals surface area contributed by atoms with Gasteiger partial charge in [-0.2, -0.15) is 5.10 Å². The third kappa shape index (κ3) is 4.84. The van der Waals surface area contributed by atoms with Crippen molar-refractivity contribution in [2.45, 2.75) is 65.3 Å². The number of benzene rings is 1. The van der Waals surface area contributed by atoms with Crippen molar-refractivity contribution < 1.29 is 14.3 Å². The lowest BCUT2D eigenvalue weighted by molar-refractivity contribution is -0.123. The van der Waals surface area contributed by atoms with E-state index in [0.717, 1.165) is 36.2 Å². The van der Waals surface area contributed by atoms with Gasteiger partial charge in [0.2, 0.25) is 0 Å². The zero-order chi connectivity index (χ0) is 23.8. The maximum Gasteiger partial charge on any atom is 0.276 e. The van der Waals surface area contributed by atoms with Gasteiger partial charge >= 0.3 is 0 Å². The van der Waals surface area contributed by atoms with Crippen LogP contribution in [0, 0.1) is 6.92 Å².